The van der Waals surface area contributed by atoms with Crippen LogP contribution in [0.3, 0.4) is 0 Å². The maximum Gasteiger partial charge on any atom is 0.234 e. The summed E-state index contributed by atoms with van der Waals surface area (Å²) in [6.45, 7) is 0. The first-order chi connectivity index (χ1) is 12.1. The molecule has 2 heterocycles. The number of carbonyl (C=O) groups excluding carboxylic acids is 1. The zero-order chi connectivity index (χ0) is 17.6. The van der Waals surface area contributed by atoms with Gasteiger partial charge in [0.25, 0.3) is 0 Å². The second-order valence-corrected chi connectivity index (χ2v) is 5.95. The van der Waals surface area contributed by atoms with Crippen LogP contribution in [0.2, 0.25) is 0 Å². The summed E-state index contributed by atoms with van der Waals surface area (Å²) in [4.78, 5) is 15.8. The van der Waals surface area contributed by atoms with Crippen LogP contribution in [0.1, 0.15) is 0 Å². The Morgan fingerprint density at radius 3 is 2.52 bits per heavy atom. The molecule has 8 heteroatoms. The number of hydrogen-bond acceptors (Lipinski definition) is 5. The van der Waals surface area contributed by atoms with E-state index in [9.17, 15) is 13.6 Å². The van der Waals surface area contributed by atoms with E-state index in [1.165, 1.54) is 17.8 Å². The third-order valence-electron chi connectivity index (χ3n) is 3.17. The fourth-order valence-corrected chi connectivity index (χ4v) is 2.60. The van der Waals surface area contributed by atoms with Crippen molar-refractivity contribution in [2.45, 2.75) is 5.03 Å². The fraction of sp³-hybridized carbons (Fsp3) is 0.0588. The molecule has 0 bridgehead atoms. The van der Waals surface area contributed by atoms with Gasteiger partial charge in [-0.25, -0.2) is 8.78 Å². The minimum Gasteiger partial charge on any atom is -0.323 e. The third kappa shape index (κ3) is 4.57. The van der Waals surface area contributed by atoms with Crippen LogP contribution in [0.15, 0.2) is 59.9 Å². The largest absolute Gasteiger partial charge is 0.323 e. The predicted octanol–water partition coefficient (Wildman–Crippen LogP) is 3.55. The van der Waals surface area contributed by atoms with Gasteiger partial charge >= 0.3 is 0 Å². The number of anilines is 1. The molecule has 0 aliphatic rings. The summed E-state index contributed by atoms with van der Waals surface area (Å²) in [5.74, 6) is -1.91. The average Bonchev–Trinajstić information content (AvgIpc) is 2.63. The van der Waals surface area contributed by atoms with Crippen molar-refractivity contribution >= 4 is 23.4 Å². The number of halogens is 2. The van der Waals surface area contributed by atoms with Crippen LogP contribution >= 0.6 is 11.8 Å². The number of benzene rings is 1. The molecule has 3 aromatic rings. The second kappa shape index (κ2) is 7.80. The summed E-state index contributed by atoms with van der Waals surface area (Å²) < 4.78 is 26.3. The standard InChI is InChI=1S/C17H12F2N4OS/c18-12-1-2-15(13(19)9-12)21-16(24)10-25-17-4-3-14(22-23-17)11-5-7-20-8-6-11/h1-9H,10H2,(H,21,24). The van der Waals surface area contributed by atoms with Gasteiger partial charge in [-0.05, 0) is 36.4 Å². The maximum absolute atomic E-state index is 13.5. The van der Waals surface area contributed by atoms with Crippen LogP contribution in [0.4, 0.5) is 14.5 Å². The van der Waals surface area contributed by atoms with Crippen molar-refractivity contribution in [2.75, 3.05) is 11.1 Å². The molecular weight excluding hydrogens is 346 g/mol. The highest BCUT2D eigenvalue weighted by Crippen LogP contribution is 2.20. The summed E-state index contributed by atoms with van der Waals surface area (Å²) in [6, 6.07) is 10.2. The lowest BCUT2D eigenvalue weighted by molar-refractivity contribution is -0.113. The van der Waals surface area contributed by atoms with Crippen molar-refractivity contribution < 1.29 is 13.6 Å². The summed E-state index contributed by atoms with van der Waals surface area (Å²) in [6.07, 6.45) is 3.33. The van der Waals surface area contributed by atoms with Gasteiger partial charge in [-0.15, -0.1) is 10.2 Å². The van der Waals surface area contributed by atoms with Crippen LogP contribution in [-0.2, 0) is 4.79 Å². The zero-order valence-corrected chi connectivity index (χ0v) is 13.6. The fourth-order valence-electron chi connectivity index (χ4n) is 1.99. The molecule has 1 N–H and O–H groups in total. The van der Waals surface area contributed by atoms with E-state index >= 15 is 0 Å². The highest BCUT2D eigenvalue weighted by Gasteiger charge is 2.09. The molecule has 0 fully saturated rings. The summed E-state index contributed by atoms with van der Waals surface area (Å²) >= 11 is 1.17. The van der Waals surface area contributed by atoms with Crippen molar-refractivity contribution in [3.63, 3.8) is 0 Å². The number of aromatic nitrogens is 3. The molecule has 0 spiro atoms. The van der Waals surface area contributed by atoms with E-state index in [0.29, 0.717) is 16.8 Å². The Bertz CT molecular complexity index is 876. The topological polar surface area (TPSA) is 67.8 Å². The smallest absolute Gasteiger partial charge is 0.234 e. The lowest BCUT2D eigenvalue weighted by Crippen LogP contribution is -2.15. The van der Waals surface area contributed by atoms with E-state index in [0.717, 1.165) is 11.6 Å². The first-order valence-electron chi connectivity index (χ1n) is 7.23. The van der Waals surface area contributed by atoms with Gasteiger partial charge in [0.15, 0.2) is 0 Å². The predicted molar refractivity (Wildman–Crippen MR) is 91.0 cm³/mol. The van der Waals surface area contributed by atoms with Gasteiger partial charge in [0.2, 0.25) is 5.91 Å². The first kappa shape index (κ1) is 17.0. The van der Waals surface area contributed by atoms with E-state index in [1.54, 1.807) is 24.5 Å². The van der Waals surface area contributed by atoms with Gasteiger partial charge in [0, 0.05) is 24.0 Å². The molecule has 0 atom stereocenters. The van der Waals surface area contributed by atoms with Crippen LogP contribution < -0.4 is 5.32 Å². The number of pyridine rings is 1. The molecule has 0 radical (unpaired) electrons. The molecule has 0 saturated heterocycles. The number of carbonyl (C=O) groups is 1. The molecule has 2 aromatic heterocycles. The van der Waals surface area contributed by atoms with Crippen molar-refractivity contribution in [2.24, 2.45) is 0 Å². The molecule has 1 aromatic carbocycles. The number of thioether (sulfide) groups is 1. The Morgan fingerprint density at radius 2 is 1.84 bits per heavy atom. The van der Waals surface area contributed by atoms with Crippen LogP contribution in [-0.4, -0.2) is 26.8 Å². The van der Waals surface area contributed by atoms with Crippen molar-refractivity contribution in [1.29, 1.82) is 0 Å². The minimum absolute atomic E-state index is 0.0279. The quantitative estimate of drug-likeness (QED) is 0.707. The highest BCUT2D eigenvalue weighted by molar-refractivity contribution is 7.99. The number of rotatable bonds is 5. The van der Waals surface area contributed by atoms with Crippen molar-refractivity contribution in [1.82, 2.24) is 15.2 Å². The molecule has 25 heavy (non-hydrogen) atoms. The van der Waals surface area contributed by atoms with Crippen molar-refractivity contribution in [3.05, 3.63) is 66.5 Å². The Morgan fingerprint density at radius 1 is 1.04 bits per heavy atom. The first-order valence-corrected chi connectivity index (χ1v) is 8.22. The molecule has 3 rings (SSSR count). The molecule has 126 valence electrons. The van der Waals surface area contributed by atoms with Crippen LogP contribution in [0.5, 0.6) is 0 Å². The van der Waals surface area contributed by atoms with E-state index in [1.807, 2.05) is 12.1 Å². The Balaban J connectivity index is 1.57. The molecule has 0 aliphatic heterocycles. The molecule has 5 nitrogen and oxygen atoms in total. The van der Waals surface area contributed by atoms with Crippen LogP contribution in [0.25, 0.3) is 11.3 Å². The lowest BCUT2D eigenvalue weighted by Gasteiger charge is -2.06. The Labute approximate surface area is 146 Å². The Kier molecular flexibility index (Phi) is 5.30. The summed E-state index contributed by atoms with van der Waals surface area (Å²) in [5, 5.41) is 11.1. The van der Waals surface area contributed by atoms with Crippen LogP contribution in [0, 0.1) is 11.6 Å². The third-order valence-corrected chi connectivity index (χ3v) is 4.09. The highest BCUT2D eigenvalue weighted by atomic mass is 32.2. The summed E-state index contributed by atoms with van der Waals surface area (Å²) in [5.41, 5.74) is 1.53. The van der Waals surface area contributed by atoms with Crippen molar-refractivity contribution in [3.8, 4) is 11.3 Å². The van der Waals surface area contributed by atoms with E-state index in [-0.39, 0.29) is 11.4 Å². The molecule has 1 amide bonds. The molecule has 0 aliphatic carbocycles. The lowest BCUT2D eigenvalue weighted by atomic mass is 10.2. The van der Waals surface area contributed by atoms with E-state index in [2.05, 4.69) is 20.5 Å². The van der Waals surface area contributed by atoms with E-state index < -0.39 is 17.5 Å². The summed E-state index contributed by atoms with van der Waals surface area (Å²) in [7, 11) is 0. The second-order valence-electron chi connectivity index (χ2n) is 4.95. The van der Waals surface area contributed by atoms with Gasteiger partial charge in [-0.3, -0.25) is 9.78 Å². The number of amides is 1. The molecule has 0 unspecified atom stereocenters. The van der Waals surface area contributed by atoms with Gasteiger partial charge < -0.3 is 5.32 Å². The minimum atomic E-state index is -0.820. The van der Waals surface area contributed by atoms with Gasteiger partial charge in [0.1, 0.15) is 16.7 Å². The van der Waals surface area contributed by atoms with E-state index in [4.69, 9.17) is 0 Å². The number of hydrogen-bond donors (Lipinski definition) is 1. The number of nitrogens with one attached hydrogen (secondary N) is 1. The normalized spacial score (nSPS) is 10.5. The zero-order valence-electron chi connectivity index (χ0n) is 12.8. The van der Waals surface area contributed by atoms with Gasteiger partial charge in [0.05, 0.1) is 17.1 Å². The molecular formula is C17H12F2N4OS. The van der Waals surface area contributed by atoms with Gasteiger partial charge in [-0.1, -0.05) is 11.8 Å². The average molecular weight is 358 g/mol. The monoisotopic (exact) mass is 358 g/mol. The number of nitrogens with zero attached hydrogens (tertiary/aromatic N) is 3. The molecule has 0 saturated carbocycles. The van der Waals surface area contributed by atoms with Gasteiger partial charge in [-0.2, -0.15) is 0 Å². The maximum atomic E-state index is 13.5. The Hall–Kier alpha value is -2.87. The SMILES string of the molecule is O=C(CSc1ccc(-c2ccncc2)nn1)Nc1ccc(F)cc1F.